The summed E-state index contributed by atoms with van der Waals surface area (Å²) in [4.78, 5) is 13.6. The number of hydrogen-bond donors (Lipinski definition) is 1. The zero-order valence-electron chi connectivity index (χ0n) is 10.4. The van der Waals surface area contributed by atoms with Crippen LogP contribution in [-0.2, 0) is 6.67 Å². The molecule has 0 saturated carbocycles. The smallest absolute Gasteiger partial charge is 0.316 e. The van der Waals surface area contributed by atoms with Crippen LogP contribution in [0, 0.1) is 0 Å². The van der Waals surface area contributed by atoms with Crippen molar-refractivity contribution in [3.05, 3.63) is 39.8 Å². The molecule has 1 fully saturated rings. The first-order chi connectivity index (χ1) is 9.25. The van der Waals surface area contributed by atoms with E-state index in [0.29, 0.717) is 17.4 Å². The van der Waals surface area contributed by atoms with Crippen LogP contribution >= 0.6 is 11.6 Å². The molecule has 19 heavy (non-hydrogen) atoms. The van der Waals surface area contributed by atoms with Crippen LogP contribution in [-0.4, -0.2) is 32.9 Å². The Bertz CT molecular complexity index is 629. The molecule has 0 radical (unpaired) electrons. The first kappa shape index (κ1) is 12.4. The topological polar surface area (TPSA) is 57.1 Å². The van der Waals surface area contributed by atoms with E-state index >= 15 is 0 Å². The van der Waals surface area contributed by atoms with Crippen molar-refractivity contribution < 1.29 is 4.90 Å². The second-order valence-corrected chi connectivity index (χ2v) is 5.15. The van der Waals surface area contributed by atoms with Gasteiger partial charge in [-0.15, -0.1) is 4.68 Å². The summed E-state index contributed by atoms with van der Waals surface area (Å²) in [5.74, 6) is 0. The van der Waals surface area contributed by atoms with Gasteiger partial charge in [0, 0.05) is 12.8 Å². The molecule has 1 N–H and O–H groups in total. The van der Waals surface area contributed by atoms with Gasteiger partial charge in [0.15, 0.2) is 6.67 Å². The zero-order valence-corrected chi connectivity index (χ0v) is 11.2. The zero-order chi connectivity index (χ0) is 13.2. The maximum Gasteiger partial charge on any atom is 0.373 e. The van der Waals surface area contributed by atoms with Crippen LogP contribution < -0.4 is 10.6 Å². The number of quaternary nitrogens is 1. The van der Waals surface area contributed by atoms with Crippen LogP contribution in [0.1, 0.15) is 12.8 Å². The first-order valence-electron chi connectivity index (χ1n) is 6.37. The van der Waals surface area contributed by atoms with E-state index in [-0.39, 0.29) is 5.69 Å². The molecule has 100 valence electrons. The van der Waals surface area contributed by atoms with Gasteiger partial charge in [-0.2, -0.15) is 4.68 Å². The lowest BCUT2D eigenvalue weighted by Crippen LogP contribution is -3.09. The summed E-state index contributed by atoms with van der Waals surface area (Å²) in [6.45, 7) is 2.75. The number of likely N-dealkylation sites (tertiary alicyclic amines) is 1. The van der Waals surface area contributed by atoms with Crippen molar-refractivity contribution in [1.82, 2.24) is 19.8 Å². The minimum Gasteiger partial charge on any atom is -0.316 e. The fraction of sp³-hybridized carbons (Fsp3) is 0.417. The van der Waals surface area contributed by atoms with E-state index in [2.05, 4.69) is 10.4 Å². The summed E-state index contributed by atoms with van der Waals surface area (Å²) in [5.41, 5.74) is 0.323. The van der Waals surface area contributed by atoms with Crippen molar-refractivity contribution in [2.75, 3.05) is 13.1 Å². The number of aromatic nitrogens is 4. The predicted molar refractivity (Wildman–Crippen MR) is 70.6 cm³/mol. The van der Waals surface area contributed by atoms with Crippen LogP contribution in [0.2, 0.25) is 5.02 Å². The van der Waals surface area contributed by atoms with Crippen molar-refractivity contribution in [3.63, 3.8) is 0 Å². The number of nitrogens with zero attached hydrogens (tertiary/aromatic N) is 4. The highest BCUT2D eigenvalue weighted by Crippen LogP contribution is 2.16. The van der Waals surface area contributed by atoms with E-state index in [9.17, 15) is 4.79 Å². The summed E-state index contributed by atoms with van der Waals surface area (Å²) in [5, 5.41) is 8.33. The first-order valence-corrected chi connectivity index (χ1v) is 6.75. The molecule has 1 aliphatic heterocycles. The van der Waals surface area contributed by atoms with Gasteiger partial charge in [0.05, 0.1) is 23.8 Å². The molecule has 0 aliphatic carbocycles. The second-order valence-electron chi connectivity index (χ2n) is 4.74. The molecule has 0 bridgehead atoms. The van der Waals surface area contributed by atoms with E-state index in [1.165, 1.54) is 27.1 Å². The molecule has 6 nitrogen and oxygen atoms in total. The van der Waals surface area contributed by atoms with Crippen molar-refractivity contribution in [2.45, 2.75) is 19.5 Å². The Morgan fingerprint density at radius 1 is 1.21 bits per heavy atom. The van der Waals surface area contributed by atoms with Crippen LogP contribution in [0.15, 0.2) is 29.1 Å². The third kappa shape index (κ3) is 2.41. The lowest BCUT2D eigenvalue weighted by Gasteiger charge is -2.09. The van der Waals surface area contributed by atoms with E-state index < -0.39 is 0 Å². The quantitative estimate of drug-likeness (QED) is 0.841. The molecule has 7 heteroatoms. The van der Waals surface area contributed by atoms with Gasteiger partial charge >= 0.3 is 5.69 Å². The summed E-state index contributed by atoms with van der Waals surface area (Å²) in [6, 6.07) is 7.12. The highest BCUT2D eigenvalue weighted by atomic mass is 35.5. The van der Waals surface area contributed by atoms with Crippen molar-refractivity contribution in [1.29, 1.82) is 0 Å². The molecule has 1 aliphatic rings. The SMILES string of the molecule is O=c1n(C[NH+]2CCCC2)nnn1-c1ccccc1Cl. The maximum absolute atomic E-state index is 12.2. The van der Waals surface area contributed by atoms with Gasteiger partial charge in [-0.1, -0.05) is 23.7 Å². The number of benzene rings is 1. The molecule has 0 amide bonds. The largest absolute Gasteiger partial charge is 0.373 e. The minimum atomic E-state index is -0.243. The van der Waals surface area contributed by atoms with Crippen LogP contribution in [0.25, 0.3) is 5.69 Å². The number of tetrazole rings is 1. The fourth-order valence-electron chi connectivity index (χ4n) is 2.39. The highest BCUT2D eigenvalue weighted by Gasteiger charge is 2.19. The van der Waals surface area contributed by atoms with Gasteiger partial charge < -0.3 is 4.90 Å². The molecule has 0 spiro atoms. The van der Waals surface area contributed by atoms with Gasteiger partial charge in [0.2, 0.25) is 0 Å². The molecular formula is C12H15ClN5O+. The standard InChI is InChI=1S/C12H14ClN5O/c13-10-5-1-2-6-11(10)18-12(19)17(14-15-18)9-16-7-3-4-8-16/h1-2,5-6H,3-4,7-9H2/p+1. The van der Waals surface area contributed by atoms with Crippen molar-refractivity contribution >= 4 is 11.6 Å². The lowest BCUT2D eigenvalue weighted by molar-refractivity contribution is -0.911. The normalized spacial score (nSPS) is 16.1. The number of para-hydroxylation sites is 1. The third-order valence-corrected chi connectivity index (χ3v) is 3.72. The van der Waals surface area contributed by atoms with Gasteiger partial charge in [0.25, 0.3) is 0 Å². The summed E-state index contributed by atoms with van der Waals surface area (Å²) in [6.07, 6.45) is 2.42. The van der Waals surface area contributed by atoms with Gasteiger partial charge in [0.1, 0.15) is 0 Å². The molecule has 3 rings (SSSR count). The Balaban J connectivity index is 1.90. The fourth-order valence-corrected chi connectivity index (χ4v) is 2.61. The maximum atomic E-state index is 12.2. The minimum absolute atomic E-state index is 0.243. The molecule has 0 unspecified atom stereocenters. The molecule has 1 aromatic heterocycles. The van der Waals surface area contributed by atoms with E-state index in [4.69, 9.17) is 11.6 Å². The predicted octanol–water partition coefficient (Wildman–Crippen LogP) is -0.281. The van der Waals surface area contributed by atoms with Crippen LogP contribution in [0.3, 0.4) is 0 Å². The van der Waals surface area contributed by atoms with Gasteiger partial charge in [-0.3, -0.25) is 0 Å². The average molecular weight is 281 g/mol. The van der Waals surface area contributed by atoms with Crippen LogP contribution in [0.4, 0.5) is 0 Å². The van der Waals surface area contributed by atoms with Crippen molar-refractivity contribution in [3.8, 4) is 5.69 Å². The number of rotatable bonds is 3. The summed E-state index contributed by atoms with van der Waals surface area (Å²) < 4.78 is 2.65. The Morgan fingerprint density at radius 3 is 2.68 bits per heavy atom. The van der Waals surface area contributed by atoms with Crippen molar-refractivity contribution in [2.24, 2.45) is 0 Å². The molecule has 2 aromatic rings. The van der Waals surface area contributed by atoms with E-state index in [1.807, 2.05) is 12.1 Å². The highest BCUT2D eigenvalue weighted by molar-refractivity contribution is 6.32. The summed E-state index contributed by atoms with van der Waals surface area (Å²) in [7, 11) is 0. The molecule has 1 aromatic carbocycles. The Hall–Kier alpha value is -1.66. The molecular weight excluding hydrogens is 266 g/mol. The van der Waals surface area contributed by atoms with Crippen LogP contribution in [0.5, 0.6) is 0 Å². The number of hydrogen-bond acceptors (Lipinski definition) is 3. The summed E-state index contributed by atoms with van der Waals surface area (Å²) >= 11 is 6.07. The number of halogens is 1. The molecule has 2 heterocycles. The van der Waals surface area contributed by atoms with Gasteiger partial charge in [-0.25, -0.2) is 4.79 Å². The van der Waals surface area contributed by atoms with E-state index in [1.54, 1.807) is 12.1 Å². The third-order valence-electron chi connectivity index (χ3n) is 3.40. The molecule has 0 atom stereocenters. The Morgan fingerprint density at radius 2 is 1.95 bits per heavy atom. The van der Waals surface area contributed by atoms with Gasteiger partial charge in [-0.05, 0) is 22.6 Å². The van der Waals surface area contributed by atoms with E-state index in [0.717, 1.165) is 13.1 Å². The monoisotopic (exact) mass is 280 g/mol. The Kier molecular flexibility index (Phi) is 3.35. The second kappa shape index (κ2) is 5.14. The Labute approximate surface area is 115 Å². The average Bonchev–Trinajstić information content (AvgIpc) is 3.03. The molecule has 1 saturated heterocycles. The lowest BCUT2D eigenvalue weighted by atomic mass is 10.3. The number of nitrogens with one attached hydrogen (secondary N) is 1.